The van der Waals surface area contributed by atoms with E-state index in [2.05, 4.69) is 18.6 Å². The minimum absolute atomic E-state index is 0.198. The summed E-state index contributed by atoms with van der Waals surface area (Å²) in [6.07, 6.45) is -0.932. The molecule has 21 heavy (non-hydrogen) atoms. The number of hydrogen-bond acceptors (Lipinski definition) is 2. The van der Waals surface area contributed by atoms with Crippen molar-refractivity contribution in [3.8, 4) is 5.75 Å². The normalized spacial score (nSPS) is 26.9. The molecule has 118 valence electrons. The Morgan fingerprint density at radius 2 is 2.05 bits per heavy atom. The van der Waals surface area contributed by atoms with Crippen LogP contribution >= 0.6 is 0 Å². The fraction of sp³-hybridized carbons (Fsp3) is 0.625. The highest BCUT2D eigenvalue weighted by atomic mass is 19.4. The minimum atomic E-state index is -4.67. The Morgan fingerprint density at radius 1 is 1.33 bits per heavy atom. The fourth-order valence-electron chi connectivity index (χ4n) is 3.19. The predicted octanol–water partition coefficient (Wildman–Crippen LogP) is 4.59. The smallest absolute Gasteiger partial charge is 0.406 e. The molecular formula is C16H22F3NO. The average molecular weight is 301 g/mol. The van der Waals surface area contributed by atoms with Crippen molar-refractivity contribution in [2.75, 3.05) is 0 Å². The Balaban J connectivity index is 2.22. The van der Waals surface area contributed by atoms with Crippen LogP contribution < -0.4 is 10.5 Å². The zero-order valence-electron chi connectivity index (χ0n) is 12.4. The molecule has 1 fully saturated rings. The van der Waals surface area contributed by atoms with Crippen molar-refractivity contribution >= 4 is 0 Å². The second-order valence-corrected chi connectivity index (χ2v) is 6.33. The first-order valence-electron chi connectivity index (χ1n) is 7.35. The maximum atomic E-state index is 12.3. The van der Waals surface area contributed by atoms with E-state index in [0.29, 0.717) is 11.8 Å². The molecule has 0 amide bonds. The molecule has 0 aliphatic heterocycles. The standard InChI is InChI=1S/C16H22F3NO/c1-11(2)12-5-4-8-15(20,10-12)13-6-3-7-14(9-13)21-16(17,18)19/h3,6-7,9,11-12H,4-5,8,10,20H2,1-2H3. The van der Waals surface area contributed by atoms with Crippen molar-refractivity contribution in [3.05, 3.63) is 29.8 Å². The highest BCUT2D eigenvalue weighted by molar-refractivity contribution is 5.33. The van der Waals surface area contributed by atoms with Crippen LogP contribution in [0.5, 0.6) is 5.75 Å². The first kappa shape index (κ1) is 16.1. The largest absolute Gasteiger partial charge is 0.573 e. The highest BCUT2D eigenvalue weighted by Gasteiger charge is 2.36. The molecule has 1 saturated carbocycles. The van der Waals surface area contributed by atoms with Crippen LogP contribution in [0.25, 0.3) is 0 Å². The van der Waals surface area contributed by atoms with E-state index in [-0.39, 0.29) is 5.75 Å². The number of alkyl halides is 3. The Bertz CT molecular complexity index is 487. The van der Waals surface area contributed by atoms with Gasteiger partial charge in [-0.15, -0.1) is 13.2 Å². The zero-order valence-corrected chi connectivity index (χ0v) is 12.4. The number of ether oxygens (including phenoxy) is 1. The highest BCUT2D eigenvalue weighted by Crippen LogP contribution is 2.41. The van der Waals surface area contributed by atoms with Crippen LogP contribution in [0.1, 0.15) is 45.1 Å². The third-order valence-corrected chi connectivity index (χ3v) is 4.41. The molecule has 0 spiro atoms. The molecule has 0 saturated heterocycles. The second kappa shape index (κ2) is 5.87. The summed E-state index contributed by atoms with van der Waals surface area (Å²) >= 11 is 0. The lowest BCUT2D eigenvalue weighted by Crippen LogP contribution is -2.42. The summed E-state index contributed by atoms with van der Waals surface area (Å²) in [6.45, 7) is 4.33. The summed E-state index contributed by atoms with van der Waals surface area (Å²) < 4.78 is 41.0. The average Bonchev–Trinajstić information content (AvgIpc) is 2.37. The van der Waals surface area contributed by atoms with E-state index in [0.717, 1.165) is 31.2 Å². The van der Waals surface area contributed by atoms with Gasteiger partial charge in [0.15, 0.2) is 0 Å². The summed E-state index contributed by atoms with van der Waals surface area (Å²) in [7, 11) is 0. The molecule has 2 unspecified atom stereocenters. The molecule has 1 aliphatic carbocycles. The summed E-state index contributed by atoms with van der Waals surface area (Å²) in [5.74, 6) is 0.843. The lowest BCUT2D eigenvalue weighted by Gasteiger charge is -2.40. The second-order valence-electron chi connectivity index (χ2n) is 6.33. The number of nitrogens with two attached hydrogens (primary N) is 1. The first-order chi connectivity index (χ1) is 9.70. The predicted molar refractivity (Wildman–Crippen MR) is 75.8 cm³/mol. The molecule has 2 N–H and O–H groups in total. The van der Waals surface area contributed by atoms with Gasteiger partial charge < -0.3 is 10.5 Å². The van der Waals surface area contributed by atoms with Crippen LogP contribution in [0, 0.1) is 11.8 Å². The van der Waals surface area contributed by atoms with Crippen LogP contribution in [0.3, 0.4) is 0 Å². The Morgan fingerprint density at radius 3 is 2.67 bits per heavy atom. The molecule has 0 aromatic heterocycles. The van der Waals surface area contributed by atoms with Crippen molar-refractivity contribution in [3.63, 3.8) is 0 Å². The van der Waals surface area contributed by atoms with Crippen LogP contribution in [-0.2, 0) is 5.54 Å². The number of benzene rings is 1. The monoisotopic (exact) mass is 301 g/mol. The molecule has 0 bridgehead atoms. The van der Waals surface area contributed by atoms with Crippen molar-refractivity contribution in [1.29, 1.82) is 0 Å². The molecule has 1 aromatic carbocycles. The Hall–Kier alpha value is -1.23. The lowest BCUT2D eigenvalue weighted by molar-refractivity contribution is -0.274. The summed E-state index contributed by atoms with van der Waals surface area (Å²) in [5, 5.41) is 0. The number of rotatable bonds is 3. The number of halogens is 3. The molecule has 0 radical (unpaired) electrons. The van der Waals surface area contributed by atoms with Gasteiger partial charge in [-0.05, 0) is 42.4 Å². The van der Waals surface area contributed by atoms with E-state index in [4.69, 9.17) is 5.73 Å². The van der Waals surface area contributed by atoms with Gasteiger partial charge in [-0.3, -0.25) is 0 Å². The Labute approximate surface area is 123 Å². The third-order valence-electron chi connectivity index (χ3n) is 4.41. The summed E-state index contributed by atoms with van der Waals surface area (Å²) in [5.41, 5.74) is 6.68. The van der Waals surface area contributed by atoms with Crippen molar-refractivity contribution < 1.29 is 17.9 Å². The molecule has 2 rings (SSSR count). The van der Waals surface area contributed by atoms with E-state index in [1.54, 1.807) is 12.1 Å². The van der Waals surface area contributed by atoms with Gasteiger partial charge in [0.1, 0.15) is 5.75 Å². The van der Waals surface area contributed by atoms with Crippen LogP contribution in [0.15, 0.2) is 24.3 Å². The lowest BCUT2D eigenvalue weighted by atomic mass is 9.69. The van der Waals surface area contributed by atoms with Crippen molar-refractivity contribution in [2.24, 2.45) is 17.6 Å². The van der Waals surface area contributed by atoms with Gasteiger partial charge >= 0.3 is 6.36 Å². The van der Waals surface area contributed by atoms with Gasteiger partial charge in [-0.1, -0.05) is 38.8 Å². The quantitative estimate of drug-likeness (QED) is 0.886. The minimum Gasteiger partial charge on any atom is -0.406 e. The SMILES string of the molecule is CC(C)C1CCCC(N)(c2cccc(OC(F)(F)F)c2)C1. The van der Waals surface area contributed by atoms with Crippen molar-refractivity contribution in [2.45, 2.75) is 51.4 Å². The third kappa shape index (κ3) is 4.13. The molecule has 1 aromatic rings. The Kier molecular flexibility index (Phi) is 4.51. The fourth-order valence-corrected chi connectivity index (χ4v) is 3.19. The topological polar surface area (TPSA) is 35.2 Å². The van der Waals surface area contributed by atoms with Crippen LogP contribution in [0.4, 0.5) is 13.2 Å². The van der Waals surface area contributed by atoms with Gasteiger partial charge in [0.25, 0.3) is 0 Å². The maximum absolute atomic E-state index is 12.3. The van der Waals surface area contributed by atoms with E-state index in [1.165, 1.54) is 12.1 Å². The van der Waals surface area contributed by atoms with Crippen molar-refractivity contribution in [1.82, 2.24) is 0 Å². The first-order valence-corrected chi connectivity index (χ1v) is 7.35. The van der Waals surface area contributed by atoms with E-state index in [1.807, 2.05) is 0 Å². The van der Waals surface area contributed by atoms with Gasteiger partial charge in [0.2, 0.25) is 0 Å². The zero-order chi connectivity index (χ0) is 15.7. The van der Waals surface area contributed by atoms with Crippen LogP contribution in [-0.4, -0.2) is 6.36 Å². The van der Waals surface area contributed by atoms with E-state index in [9.17, 15) is 13.2 Å². The molecule has 1 aliphatic rings. The van der Waals surface area contributed by atoms with Gasteiger partial charge in [-0.2, -0.15) is 0 Å². The molecular weight excluding hydrogens is 279 g/mol. The molecule has 5 heteroatoms. The van der Waals surface area contributed by atoms with E-state index < -0.39 is 11.9 Å². The van der Waals surface area contributed by atoms with Gasteiger partial charge in [-0.25, -0.2) is 0 Å². The van der Waals surface area contributed by atoms with E-state index >= 15 is 0 Å². The summed E-state index contributed by atoms with van der Waals surface area (Å²) in [4.78, 5) is 0. The number of hydrogen-bond donors (Lipinski definition) is 1. The molecule has 2 atom stereocenters. The van der Waals surface area contributed by atoms with Gasteiger partial charge in [0.05, 0.1) is 0 Å². The maximum Gasteiger partial charge on any atom is 0.573 e. The van der Waals surface area contributed by atoms with Gasteiger partial charge in [0, 0.05) is 5.54 Å². The molecule has 0 heterocycles. The molecule has 2 nitrogen and oxygen atoms in total. The summed E-state index contributed by atoms with van der Waals surface area (Å²) in [6, 6.07) is 6.11. The van der Waals surface area contributed by atoms with Crippen LogP contribution in [0.2, 0.25) is 0 Å².